The highest BCUT2D eigenvalue weighted by Gasteiger charge is 2.12. The van der Waals surface area contributed by atoms with Crippen molar-refractivity contribution in [1.82, 2.24) is 15.8 Å². The number of aliphatic imine (C=N–C) groups is 1. The normalized spacial score (nSPS) is 11.3. The molecule has 1 aromatic rings. The Balaban J connectivity index is 0.00000784. The van der Waals surface area contributed by atoms with Gasteiger partial charge in [-0.05, 0) is 39.5 Å². The van der Waals surface area contributed by atoms with Crippen molar-refractivity contribution in [3.63, 3.8) is 0 Å². The molecule has 0 radical (unpaired) electrons. The molecule has 0 atom stereocenters. The number of hydrogen-bond acceptors (Lipinski definition) is 5. The Morgan fingerprint density at radius 3 is 2.52 bits per heavy atom. The molecule has 1 rings (SSSR count). The van der Waals surface area contributed by atoms with Gasteiger partial charge in [0, 0.05) is 31.5 Å². The zero-order chi connectivity index (χ0) is 20.6. The van der Waals surface area contributed by atoms with Crippen LogP contribution >= 0.6 is 24.0 Å². The molecule has 0 spiro atoms. The summed E-state index contributed by atoms with van der Waals surface area (Å²) < 4.78 is 10.4. The molecule has 168 valence electrons. The van der Waals surface area contributed by atoms with E-state index >= 15 is 0 Å². The average Bonchev–Trinajstić information content (AvgIpc) is 3.15. The number of nitrogens with zero attached hydrogens (tertiary/aromatic N) is 2. The highest BCUT2D eigenvalue weighted by molar-refractivity contribution is 14.0. The van der Waals surface area contributed by atoms with Gasteiger partial charge in [0.25, 0.3) is 0 Å². The molecule has 1 aromatic heterocycles. The van der Waals surface area contributed by atoms with Gasteiger partial charge in [-0.2, -0.15) is 0 Å². The van der Waals surface area contributed by atoms with Crippen LogP contribution in [0, 0.1) is 0 Å². The van der Waals surface area contributed by atoms with Gasteiger partial charge in [0.1, 0.15) is 6.54 Å². The Labute approximate surface area is 192 Å². The molecule has 0 amide bonds. The van der Waals surface area contributed by atoms with Gasteiger partial charge in [-0.1, -0.05) is 31.8 Å². The van der Waals surface area contributed by atoms with E-state index in [1.807, 2.05) is 19.9 Å². The van der Waals surface area contributed by atoms with Crippen molar-refractivity contribution in [2.24, 2.45) is 4.99 Å². The van der Waals surface area contributed by atoms with Crippen LogP contribution in [-0.4, -0.2) is 36.8 Å². The van der Waals surface area contributed by atoms with E-state index in [4.69, 9.17) is 9.26 Å². The van der Waals surface area contributed by atoms with Gasteiger partial charge in [0.15, 0.2) is 11.7 Å². The number of rotatable bonds is 14. The molecular weight excluding hydrogens is 483 g/mol. The van der Waals surface area contributed by atoms with Crippen LogP contribution in [-0.2, 0) is 16.1 Å². The van der Waals surface area contributed by atoms with Crippen LogP contribution in [0.2, 0.25) is 0 Å². The molecule has 29 heavy (non-hydrogen) atoms. The summed E-state index contributed by atoms with van der Waals surface area (Å²) in [4.78, 5) is 15.9. The van der Waals surface area contributed by atoms with Crippen molar-refractivity contribution in [2.75, 3.05) is 19.7 Å². The van der Waals surface area contributed by atoms with Gasteiger partial charge < -0.3 is 19.9 Å². The van der Waals surface area contributed by atoms with Crippen molar-refractivity contribution in [1.29, 1.82) is 0 Å². The lowest BCUT2D eigenvalue weighted by Gasteiger charge is -2.10. The van der Waals surface area contributed by atoms with Crippen LogP contribution < -0.4 is 10.6 Å². The predicted molar refractivity (Wildman–Crippen MR) is 128 cm³/mol. The summed E-state index contributed by atoms with van der Waals surface area (Å²) in [5.41, 5.74) is 1.02. The number of guanidine groups is 1. The minimum atomic E-state index is -0.0954. The van der Waals surface area contributed by atoms with E-state index < -0.39 is 0 Å². The molecule has 1 heterocycles. The first kappa shape index (κ1) is 27.7. The number of carbonyl (C=O) groups is 1. The van der Waals surface area contributed by atoms with Crippen LogP contribution in [0.1, 0.15) is 90.0 Å². The zero-order valence-electron chi connectivity index (χ0n) is 18.5. The van der Waals surface area contributed by atoms with Crippen LogP contribution in [0.25, 0.3) is 0 Å². The Morgan fingerprint density at radius 1 is 1.14 bits per heavy atom. The molecule has 8 heteroatoms. The minimum Gasteiger partial charge on any atom is -0.466 e. The van der Waals surface area contributed by atoms with Crippen molar-refractivity contribution in [2.45, 2.75) is 85.1 Å². The van der Waals surface area contributed by atoms with Crippen LogP contribution in [0.5, 0.6) is 0 Å². The summed E-state index contributed by atoms with van der Waals surface area (Å²) in [7, 11) is 0. The second-order valence-electron chi connectivity index (χ2n) is 6.82. The number of aromatic nitrogens is 1. The minimum absolute atomic E-state index is 0. The summed E-state index contributed by atoms with van der Waals surface area (Å²) in [6.45, 7) is 10.8. The van der Waals surface area contributed by atoms with Crippen LogP contribution in [0.3, 0.4) is 0 Å². The fourth-order valence-electron chi connectivity index (χ4n) is 2.99. The third kappa shape index (κ3) is 12.1. The summed E-state index contributed by atoms with van der Waals surface area (Å²) >= 11 is 0. The highest BCUT2D eigenvalue weighted by Crippen LogP contribution is 2.22. The van der Waals surface area contributed by atoms with Gasteiger partial charge in [-0.3, -0.25) is 4.79 Å². The SMILES string of the molecule is CCNC(=NCc1cc(C(CC)CC)no1)NCCCCCCC(=O)OCC.I. The van der Waals surface area contributed by atoms with E-state index in [1.54, 1.807) is 0 Å². The molecule has 0 unspecified atom stereocenters. The van der Waals surface area contributed by atoms with Gasteiger partial charge in [0.05, 0.1) is 12.3 Å². The van der Waals surface area contributed by atoms with Gasteiger partial charge in [-0.25, -0.2) is 4.99 Å². The summed E-state index contributed by atoms with van der Waals surface area (Å²) in [5.74, 6) is 1.94. The highest BCUT2D eigenvalue weighted by atomic mass is 127. The lowest BCUT2D eigenvalue weighted by atomic mass is 9.99. The molecule has 0 fully saturated rings. The third-order valence-corrected chi connectivity index (χ3v) is 4.62. The Kier molecular flexibility index (Phi) is 16.7. The number of halogens is 1. The molecule has 0 aromatic carbocycles. The number of unbranched alkanes of at least 4 members (excludes halogenated alkanes) is 3. The molecule has 2 N–H and O–H groups in total. The maximum Gasteiger partial charge on any atom is 0.305 e. The van der Waals surface area contributed by atoms with Crippen LogP contribution in [0.4, 0.5) is 0 Å². The molecule has 0 saturated carbocycles. The van der Waals surface area contributed by atoms with E-state index in [-0.39, 0.29) is 29.9 Å². The second kappa shape index (κ2) is 17.5. The van der Waals surface area contributed by atoms with E-state index in [9.17, 15) is 4.79 Å². The van der Waals surface area contributed by atoms with Crippen molar-refractivity contribution >= 4 is 35.9 Å². The summed E-state index contributed by atoms with van der Waals surface area (Å²) in [6, 6.07) is 2.02. The first-order chi connectivity index (χ1) is 13.6. The largest absolute Gasteiger partial charge is 0.466 e. The lowest BCUT2D eigenvalue weighted by Crippen LogP contribution is -2.37. The maximum absolute atomic E-state index is 11.3. The average molecular weight is 522 g/mol. The van der Waals surface area contributed by atoms with Crippen molar-refractivity contribution < 1.29 is 14.1 Å². The first-order valence-corrected chi connectivity index (χ1v) is 10.8. The molecule has 0 aliphatic carbocycles. The number of nitrogens with one attached hydrogen (secondary N) is 2. The van der Waals surface area contributed by atoms with E-state index in [1.165, 1.54) is 0 Å². The lowest BCUT2D eigenvalue weighted by molar-refractivity contribution is -0.143. The first-order valence-electron chi connectivity index (χ1n) is 10.8. The smallest absolute Gasteiger partial charge is 0.305 e. The van der Waals surface area contributed by atoms with Crippen LogP contribution in [0.15, 0.2) is 15.6 Å². The maximum atomic E-state index is 11.3. The standard InChI is InChI=1S/C21H38N4O3.HI/c1-5-17(6-2)19-15-18(28-25-19)16-24-21(22-7-3)23-14-12-10-9-11-13-20(26)27-8-4;/h15,17H,5-14,16H2,1-4H3,(H2,22,23,24);1H. The summed E-state index contributed by atoms with van der Waals surface area (Å²) in [5, 5.41) is 10.8. The third-order valence-electron chi connectivity index (χ3n) is 4.62. The van der Waals surface area contributed by atoms with E-state index in [0.29, 0.717) is 25.5 Å². The van der Waals surface area contributed by atoms with E-state index in [2.05, 4.69) is 34.6 Å². The molecule has 0 saturated heterocycles. The van der Waals surface area contributed by atoms with E-state index in [0.717, 1.165) is 69.0 Å². The summed E-state index contributed by atoms with van der Waals surface area (Å²) in [6.07, 6.45) is 6.68. The molecule has 7 nitrogen and oxygen atoms in total. The number of carbonyl (C=O) groups excluding carboxylic acids is 1. The van der Waals surface area contributed by atoms with Gasteiger partial charge in [0.2, 0.25) is 0 Å². The number of esters is 1. The predicted octanol–water partition coefficient (Wildman–Crippen LogP) is 4.76. The molecule has 0 aliphatic heterocycles. The zero-order valence-corrected chi connectivity index (χ0v) is 20.8. The Morgan fingerprint density at radius 2 is 1.86 bits per heavy atom. The quantitative estimate of drug-likeness (QED) is 0.120. The van der Waals surface area contributed by atoms with Gasteiger partial charge >= 0.3 is 5.97 Å². The molecule has 0 aliphatic rings. The van der Waals surface area contributed by atoms with Gasteiger partial charge in [-0.15, -0.1) is 24.0 Å². The Bertz CT molecular complexity index is 574. The fraction of sp³-hybridized carbons (Fsp3) is 0.762. The monoisotopic (exact) mass is 522 g/mol. The van der Waals surface area contributed by atoms with Crippen molar-refractivity contribution in [3.8, 4) is 0 Å². The number of ether oxygens (including phenoxy) is 1. The number of hydrogen-bond donors (Lipinski definition) is 2. The molecular formula is C21H39IN4O3. The van der Waals surface area contributed by atoms with Crippen molar-refractivity contribution in [3.05, 3.63) is 17.5 Å². The topological polar surface area (TPSA) is 88.8 Å². The fourth-order valence-corrected chi connectivity index (χ4v) is 2.99. The Hall–Kier alpha value is -1.32. The second-order valence-corrected chi connectivity index (χ2v) is 6.82. The molecule has 0 bridgehead atoms.